The average molecular weight is 348 g/mol. The molecule has 0 aliphatic heterocycles. The summed E-state index contributed by atoms with van der Waals surface area (Å²) < 4.78 is 44.5. The second-order valence-electron chi connectivity index (χ2n) is 4.68. The van der Waals surface area contributed by atoms with E-state index in [0.717, 1.165) is 0 Å². The number of nitrogens with one attached hydrogen (secondary N) is 1. The number of carbonyl (C=O) groups excluding carboxylic acids is 1. The molecule has 0 atom stereocenters. The van der Waals surface area contributed by atoms with E-state index in [1.54, 1.807) is 12.1 Å². The zero-order valence-electron chi connectivity index (χ0n) is 12.4. The Labute approximate surface area is 138 Å². The van der Waals surface area contributed by atoms with Gasteiger partial charge in [-0.2, -0.15) is 9.98 Å². The van der Waals surface area contributed by atoms with Crippen LogP contribution in [-0.4, -0.2) is 20.9 Å². The number of ether oxygens (including phenoxy) is 1. The maximum absolute atomic E-state index is 13.4. The smallest absolute Gasteiger partial charge is 0.321 e. The minimum absolute atomic E-state index is 0.0373. The van der Waals surface area contributed by atoms with E-state index in [4.69, 9.17) is 10.00 Å². The maximum Gasteiger partial charge on any atom is 0.321 e. The predicted octanol–water partition coefficient (Wildman–Crippen LogP) is 1.72. The standard InChI is InChI=1S/C16H13FN2O4S/c17-14-7-3-1-6-13(14)11-23-16(20)10-19-24(21,22)15-8-4-2-5-12(15)9-18/h1-8,19H,10-11H2. The van der Waals surface area contributed by atoms with Crippen LogP contribution in [0, 0.1) is 17.1 Å². The average Bonchev–Trinajstić information content (AvgIpc) is 2.59. The molecule has 0 aliphatic carbocycles. The summed E-state index contributed by atoms with van der Waals surface area (Å²) in [5.74, 6) is -1.38. The molecule has 0 fully saturated rings. The van der Waals surface area contributed by atoms with E-state index in [1.807, 2.05) is 0 Å². The fourth-order valence-electron chi connectivity index (χ4n) is 1.85. The second-order valence-corrected chi connectivity index (χ2v) is 6.42. The van der Waals surface area contributed by atoms with Crippen LogP contribution >= 0.6 is 0 Å². The molecule has 0 aliphatic rings. The molecule has 1 N–H and O–H groups in total. The highest BCUT2D eigenvalue weighted by molar-refractivity contribution is 7.89. The molecule has 6 nitrogen and oxygen atoms in total. The molecular weight excluding hydrogens is 335 g/mol. The number of halogens is 1. The first-order chi connectivity index (χ1) is 11.4. The van der Waals surface area contributed by atoms with Gasteiger partial charge in [-0.25, -0.2) is 12.8 Å². The third-order valence-corrected chi connectivity index (χ3v) is 4.51. The lowest BCUT2D eigenvalue weighted by molar-refractivity contribution is -0.143. The maximum atomic E-state index is 13.4. The van der Waals surface area contributed by atoms with E-state index in [0.29, 0.717) is 0 Å². The molecule has 0 aromatic heterocycles. The Morgan fingerprint density at radius 3 is 2.54 bits per heavy atom. The monoisotopic (exact) mass is 348 g/mol. The molecule has 0 saturated carbocycles. The van der Waals surface area contributed by atoms with Crippen molar-refractivity contribution in [1.29, 1.82) is 5.26 Å². The van der Waals surface area contributed by atoms with Gasteiger partial charge in [-0.15, -0.1) is 0 Å². The van der Waals surface area contributed by atoms with Gasteiger partial charge in [-0.05, 0) is 18.2 Å². The Morgan fingerprint density at radius 2 is 1.83 bits per heavy atom. The number of sulfonamides is 1. The van der Waals surface area contributed by atoms with Crippen molar-refractivity contribution in [3.63, 3.8) is 0 Å². The van der Waals surface area contributed by atoms with Crippen molar-refractivity contribution in [1.82, 2.24) is 4.72 Å². The molecule has 0 saturated heterocycles. The van der Waals surface area contributed by atoms with Gasteiger partial charge < -0.3 is 4.74 Å². The molecule has 2 aromatic rings. The second kappa shape index (κ2) is 7.68. The van der Waals surface area contributed by atoms with Crippen LogP contribution in [0.2, 0.25) is 0 Å². The first kappa shape index (κ1) is 17.6. The predicted molar refractivity (Wildman–Crippen MR) is 82.5 cm³/mol. The lowest BCUT2D eigenvalue weighted by Crippen LogP contribution is -2.31. The molecule has 0 bridgehead atoms. The minimum Gasteiger partial charge on any atom is -0.460 e. The molecule has 0 heterocycles. The van der Waals surface area contributed by atoms with Gasteiger partial charge in [-0.3, -0.25) is 4.79 Å². The fraction of sp³-hybridized carbons (Fsp3) is 0.125. The normalized spacial score (nSPS) is 10.8. The number of hydrogen-bond acceptors (Lipinski definition) is 5. The van der Waals surface area contributed by atoms with Crippen LogP contribution in [0.15, 0.2) is 53.4 Å². The summed E-state index contributed by atoms with van der Waals surface area (Å²) in [5, 5.41) is 8.93. The van der Waals surface area contributed by atoms with Crippen molar-refractivity contribution in [2.45, 2.75) is 11.5 Å². The van der Waals surface area contributed by atoms with Gasteiger partial charge in [-0.1, -0.05) is 30.3 Å². The van der Waals surface area contributed by atoms with Gasteiger partial charge in [0.05, 0.1) is 10.5 Å². The van der Waals surface area contributed by atoms with E-state index in [-0.39, 0.29) is 22.6 Å². The first-order valence-corrected chi connectivity index (χ1v) is 8.30. The molecule has 2 aromatic carbocycles. The van der Waals surface area contributed by atoms with E-state index in [1.165, 1.54) is 42.5 Å². The van der Waals surface area contributed by atoms with Gasteiger partial charge in [0, 0.05) is 5.56 Å². The van der Waals surface area contributed by atoms with Crippen molar-refractivity contribution in [2.24, 2.45) is 0 Å². The van der Waals surface area contributed by atoms with Crippen LogP contribution < -0.4 is 4.72 Å². The quantitative estimate of drug-likeness (QED) is 0.802. The van der Waals surface area contributed by atoms with Crippen LogP contribution in [0.5, 0.6) is 0 Å². The third-order valence-electron chi connectivity index (χ3n) is 3.05. The Morgan fingerprint density at radius 1 is 1.17 bits per heavy atom. The van der Waals surface area contributed by atoms with Gasteiger partial charge in [0.1, 0.15) is 25.0 Å². The third kappa shape index (κ3) is 4.38. The number of carbonyl (C=O) groups is 1. The number of nitrogens with zero attached hydrogens (tertiary/aromatic N) is 1. The summed E-state index contributed by atoms with van der Waals surface area (Å²) in [6.45, 7) is -0.932. The number of hydrogen-bond donors (Lipinski definition) is 1. The largest absolute Gasteiger partial charge is 0.460 e. The molecule has 0 radical (unpaired) electrons. The molecule has 24 heavy (non-hydrogen) atoms. The van der Waals surface area contributed by atoms with Gasteiger partial charge in [0.2, 0.25) is 10.0 Å². The van der Waals surface area contributed by atoms with Gasteiger partial charge >= 0.3 is 5.97 Å². The number of esters is 1. The summed E-state index contributed by atoms with van der Waals surface area (Å²) in [5.41, 5.74) is 0.147. The van der Waals surface area contributed by atoms with Gasteiger partial charge in [0.25, 0.3) is 0 Å². The van der Waals surface area contributed by atoms with Crippen LogP contribution in [0.1, 0.15) is 11.1 Å². The lowest BCUT2D eigenvalue weighted by atomic mass is 10.2. The summed E-state index contributed by atoms with van der Waals surface area (Å²) in [6, 6.07) is 13.1. The highest BCUT2D eigenvalue weighted by atomic mass is 32.2. The summed E-state index contributed by atoms with van der Waals surface area (Å²) in [4.78, 5) is 11.4. The van der Waals surface area contributed by atoms with Crippen LogP contribution in [0.4, 0.5) is 4.39 Å². The molecule has 0 unspecified atom stereocenters. The first-order valence-electron chi connectivity index (χ1n) is 6.82. The number of benzene rings is 2. The molecule has 124 valence electrons. The molecule has 2 rings (SSSR count). The summed E-state index contributed by atoms with van der Waals surface area (Å²) in [6.07, 6.45) is 0. The summed E-state index contributed by atoms with van der Waals surface area (Å²) in [7, 11) is -4.04. The topological polar surface area (TPSA) is 96.3 Å². The molecule has 0 amide bonds. The minimum atomic E-state index is -4.04. The van der Waals surface area contributed by atoms with Crippen molar-refractivity contribution in [2.75, 3.05) is 6.54 Å². The highest BCUT2D eigenvalue weighted by Gasteiger charge is 2.19. The zero-order chi connectivity index (χ0) is 17.6. The molecule has 0 spiro atoms. The van der Waals surface area contributed by atoms with E-state index < -0.39 is 28.4 Å². The number of rotatable bonds is 6. The highest BCUT2D eigenvalue weighted by Crippen LogP contribution is 2.14. The van der Waals surface area contributed by atoms with Crippen molar-refractivity contribution in [3.05, 3.63) is 65.5 Å². The van der Waals surface area contributed by atoms with Crippen molar-refractivity contribution in [3.8, 4) is 6.07 Å². The lowest BCUT2D eigenvalue weighted by Gasteiger charge is -2.09. The van der Waals surface area contributed by atoms with E-state index >= 15 is 0 Å². The van der Waals surface area contributed by atoms with Crippen molar-refractivity contribution >= 4 is 16.0 Å². The van der Waals surface area contributed by atoms with Crippen LogP contribution in [0.3, 0.4) is 0 Å². The van der Waals surface area contributed by atoms with Crippen LogP contribution in [-0.2, 0) is 26.2 Å². The number of nitriles is 1. The fourth-order valence-corrected chi connectivity index (χ4v) is 2.97. The van der Waals surface area contributed by atoms with Gasteiger partial charge in [0.15, 0.2) is 0 Å². The summed E-state index contributed by atoms with van der Waals surface area (Å²) >= 11 is 0. The Hall–Kier alpha value is -2.76. The van der Waals surface area contributed by atoms with Crippen LogP contribution in [0.25, 0.3) is 0 Å². The van der Waals surface area contributed by atoms with E-state index in [9.17, 15) is 17.6 Å². The Kier molecular flexibility index (Phi) is 5.63. The zero-order valence-corrected chi connectivity index (χ0v) is 13.2. The SMILES string of the molecule is N#Cc1ccccc1S(=O)(=O)NCC(=O)OCc1ccccc1F. The van der Waals surface area contributed by atoms with Crippen molar-refractivity contribution < 1.29 is 22.3 Å². The molecular formula is C16H13FN2O4S. The Bertz CT molecular complexity index is 891. The Balaban J connectivity index is 1.96. The molecule has 8 heteroatoms. The van der Waals surface area contributed by atoms with E-state index in [2.05, 4.69) is 4.72 Å².